The molecule has 430 valence electrons. The Labute approximate surface area is 437 Å². The van der Waals surface area contributed by atoms with Gasteiger partial charge in [0, 0.05) is 0 Å². The van der Waals surface area contributed by atoms with Gasteiger partial charge in [-0.25, -0.2) is 0 Å². The molecule has 4 saturated carbocycles. The highest BCUT2D eigenvalue weighted by molar-refractivity contribution is 5.76. The first-order valence-corrected chi connectivity index (χ1v) is 27.2. The second-order valence-electron chi connectivity index (χ2n) is 26.0. The average molecular weight is 1080 g/mol. The maximum absolute atomic E-state index is 13.2. The fourth-order valence-electron chi connectivity index (χ4n) is 16.3. The largest absolute Gasteiger partial charge is 0.481 e. The molecule has 22 heteroatoms. The van der Waals surface area contributed by atoms with Crippen LogP contribution in [0.4, 0.5) is 0 Å². The molecule has 0 radical (unpaired) electrons. The normalized spacial score (nSPS) is 53.4. The minimum Gasteiger partial charge on any atom is -0.481 e. The van der Waals surface area contributed by atoms with Gasteiger partial charge in [-0.2, -0.15) is 0 Å². The number of fused-ring (bicyclic) bond motifs is 7. The molecule has 0 unspecified atom stereocenters. The molecule has 5 aliphatic carbocycles. The molecule has 4 saturated heterocycles. The van der Waals surface area contributed by atoms with Crippen molar-refractivity contribution in [3.63, 3.8) is 0 Å². The van der Waals surface area contributed by atoms with Crippen LogP contribution in [0.25, 0.3) is 0 Å². The second kappa shape index (κ2) is 20.7. The van der Waals surface area contributed by atoms with E-state index in [2.05, 4.69) is 54.5 Å². The van der Waals surface area contributed by atoms with Gasteiger partial charge >= 0.3 is 5.97 Å². The number of rotatable bonds is 13. The molecular formula is C53H86O22. The zero-order valence-electron chi connectivity index (χ0n) is 44.3. The van der Waals surface area contributed by atoms with Crippen molar-refractivity contribution in [2.45, 2.75) is 229 Å². The summed E-state index contributed by atoms with van der Waals surface area (Å²) in [6.45, 7) is 12.1. The lowest BCUT2D eigenvalue weighted by Gasteiger charge is -2.71. The van der Waals surface area contributed by atoms with Crippen molar-refractivity contribution in [1.82, 2.24) is 0 Å². The van der Waals surface area contributed by atoms with E-state index < -0.39 is 166 Å². The molecule has 9 aliphatic rings. The molecule has 0 amide bonds. The van der Waals surface area contributed by atoms with E-state index in [4.69, 9.17) is 37.9 Å². The maximum Gasteiger partial charge on any atom is 0.310 e. The predicted octanol–water partition coefficient (Wildman–Crippen LogP) is -0.829. The Morgan fingerprint density at radius 2 is 1.19 bits per heavy atom. The van der Waals surface area contributed by atoms with E-state index in [-0.39, 0.29) is 39.4 Å². The van der Waals surface area contributed by atoms with Crippen LogP contribution in [-0.4, -0.2) is 222 Å². The molecule has 0 aromatic rings. The van der Waals surface area contributed by atoms with Gasteiger partial charge < -0.3 is 104 Å². The summed E-state index contributed by atoms with van der Waals surface area (Å²) in [4.78, 5) is 13.2. The Morgan fingerprint density at radius 3 is 1.80 bits per heavy atom. The van der Waals surface area contributed by atoms with E-state index >= 15 is 0 Å². The third-order valence-corrected chi connectivity index (χ3v) is 21.2. The molecule has 9 rings (SSSR count). The Balaban J connectivity index is 1.01. The fraction of sp³-hybridized carbons (Fsp3) is 0.943. The highest BCUT2D eigenvalue weighted by Crippen LogP contribution is 2.76. The van der Waals surface area contributed by atoms with Gasteiger partial charge in [0.2, 0.25) is 0 Å². The van der Waals surface area contributed by atoms with Crippen LogP contribution < -0.4 is 0 Å². The molecule has 0 spiro atoms. The Morgan fingerprint density at radius 1 is 0.613 bits per heavy atom. The number of aliphatic carboxylic acids is 1. The zero-order valence-corrected chi connectivity index (χ0v) is 44.3. The van der Waals surface area contributed by atoms with Crippen LogP contribution in [0.15, 0.2) is 11.6 Å². The highest BCUT2D eigenvalue weighted by atomic mass is 16.8. The summed E-state index contributed by atoms with van der Waals surface area (Å²) in [6, 6.07) is 0. The topological polar surface area (TPSA) is 354 Å². The molecule has 22 nitrogen and oxygen atoms in total. The number of hydrogen-bond donors (Lipinski definition) is 13. The van der Waals surface area contributed by atoms with Gasteiger partial charge in [-0.1, -0.05) is 60.1 Å². The van der Waals surface area contributed by atoms with Gasteiger partial charge in [0.1, 0.15) is 85.0 Å². The molecule has 4 aliphatic heterocycles. The van der Waals surface area contributed by atoms with Crippen LogP contribution in [0.2, 0.25) is 0 Å². The number of aliphatic hydroxyl groups is 12. The SMILES string of the molecule is CC1(C)CC[C@]2(C(=O)O)CC[C@]3(C)C(=CC[C@@H]4[C@@]5(C)CC[C@H](O[C@@H]6O[C@H](CO)[C@@H](O)[C@H](O[C@@H]7O[C@H](CO)[C@H](O)[C@H](O[C@@H]8OC[C@](O)(CO)[C@H]8O)[C@H]7O)[C@H]6O[C@@H]6O[C@H](CO)[C@@H](O)[C@H](O)[C@H]6O)C(C)(C)[C@H]5CC[C@]43C)[C@@H]2C1. The van der Waals surface area contributed by atoms with E-state index in [0.29, 0.717) is 19.3 Å². The fourth-order valence-corrected chi connectivity index (χ4v) is 16.3. The predicted molar refractivity (Wildman–Crippen MR) is 257 cm³/mol. The number of carboxylic acid groups (broad SMARTS) is 1. The first-order chi connectivity index (χ1) is 35.1. The highest BCUT2D eigenvalue weighted by Gasteiger charge is 2.70. The molecule has 0 aromatic carbocycles. The third-order valence-electron chi connectivity index (χ3n) is 21.2. The average Bonchev–Trinajstić information content (AvgIpc) is 3.65. The van der Waals surface area contributed by atoms with Crippen LogP contribution in [-0.2, 0) is 42.7 Å². The lowest BCUT2D eigenvalue weighted by molar-refractivity contribution is -0.402. The first kappa shape index (κ1) is 58.1. The van der Waals surface area contributed by atoms with Gasteiger partial charge in [0.25, 0.3) is 0 Å². The van der Waals surface area contributed by atoms with Crippen molar-refractivity contribution in [2.24, 2.45) is 50.2 Å². The van der Waals surface area contributed by atoms with E-state index in [1.54, 1.807) is 0 Å². The number of hydrogen-bond acceptors (Lipinski definition) is 21. The zero-order chi connectivity index (χ0) is 54.7. The van der Waals surface area contributed by atoms with Gasteiger partial charge in [-0.15, -0.1) is 0 Å². The maximum atomic E-state index is 13.2. The molecule has 8 fully saturated rings. The first-order valence-electron chi connectivity index (χ1n) is 27.2. The number of carbonyl (C=O) groups is 1. The molecule has 75 heavy (non-hydrogen) atoms. The second-order valence-corrected chi connectivity index (χ2v) is 26.0. The summed E-state index contributed by atoms with van der Waals surface area (Å²) in [5.41, 5.74) is -2.72. The van der Waals surface area contributed by atoms with Crippen molar-refractivity contribution in [3.8, 4) is 0 Å². The van der Waals surface area contributed by atoms with Crippen LogP contribution in [0.3, 0.4) is 0 Å². The lowest BCUT2D eigenvalue weighted by Crippen LogP contribution is -2.68. The van der Waals surface area contributed by atoms with Gasteiger partial charge in [-0.05, 0) is 109 Å². The molecule has 13 N–H and O–H groups in total. The van der Waals surface area contributed by atoms with E-state index in [9.17, 15) is 71.2 Å². The van der Waals surface area contributed by atoms with Crippen molar-refractivity contribution >= 4 is 5.97 Å². The minimum absolute atomic E-state index is 0.0259. The van der Waals surface area contributed by atoms with Crippen molar-refractivity contribution < 1.29 is 109 Å². The number of aliphatic hydroxyl groups excluding tert-OH is 11. The standard InChI is InChI=1S/C53H86O22/c1-47(2)14-16-52(46(65)66)17-15-50(6)24(25(52)18-47)8-9-30-49(5)12-11-31(48(3,4)29(49)10-13-51(30,50)7)72-44-40(75-42-36(62)35(61)32(58)26(19-54)69-42)39(34(60)28(21-56)71-44)74-43-37(63)38(33(59)27(20-55)70-43)73-45-41(64)53(67,22-57)23-68-45/h8,25-45,54-64,67H,9-23H2,1-7H3,(H,65,66)/t25-,26+,27+,28+,29+,30+,31-,32+,33-,34+,35-,36+,37+,38-,39-,40+,41-,42-,43-,44-,45-,49-,50+,51+,52-,53+/m0/s1. The quantitative estimate of drug-likeness (QED) is 0.0791. The molecule has 4 heterocycles. The molecule has 0 aromatic heterocycles. The van der Waals surface area contributed by atoms with Crippen LogP contribution in [0.1, 0.15) is 113 Å². The Kier molecular flexibility index (Phi) is 16.1. The summed E-state index contributed by atoms with van der Waals surface area (Å²) in [7, 11) is 0. The Hall–Kier alpha value is -1.59. The molecular weight excluding hydrogens is 989 g/mol. The number of allylic oxidation sites excluding steroid dienone is 2. The van der Waals surface area contributed by atoms with Crippen molar-refractivity contribution in [1.29, 1.82) is 0 Å². The van der Waals surface area contributed by atoms with Gasteiger partial charge in [0.05, 0.1) is 44.6 Å². The minimum atomic E-state index is -2.15. The summed E-state index contributed by atoms with van der Waals surface area (Å²) < 4.78 is 48.9. The summed E-state index contributed by atoms with van der Waals surface area (Å²) in [5, 5.41) is 141. The number of ether oxygens (including phenoxy) is 8. The summed E-state index contributed by atoms with van der Waals surface area (Å²) >= 11 is 0. The van der Waals surface area contributed by atoms with E-state index in [0.717, 1.165) is 44.9 Å². The van der Waals surface area contributed by atoms with Crippen molar-refractivity contribution in [3.05, 3.63) is 11.6 Å². The van der Waals surface area contributed by atoms with Gasteiger partial charge in [0.15, 0.2) is 25.2 Å². The van der Waals surface area contributed by atoms with Crippen LogP contribution in [0.5, 0.6) is 0 Å². The Bertz CT molecular complexity index is 2080. The monoisotopic (exact) mass is 1070 g/mol. The third kappa shape index (κ3) is 9.31. The lowest BCUT2D eigenvalue weighted by atomic mass is 9.33. The van der Waals surface area contributed by atoms with Crippen LogP contribution in [0, 0.1) is 50.2 Å². The van der Waals surface area contributed by atoms with E-state index in [1.165, 1.54) is 5.57 Å². The van der Waals surface area contributed by atoms with Crippen molar-refractivity contribution in [2.75, 3.05) is 33.0 Å². The summed E-state index contributed by atoms with van der Waals surface area (Å²) in [6.07, 6.45) is -20.4. The summed E-state index contributed by atoms with van der Waals surface area (Å²) in [5.74, 6) is -0.396. The number of carboxylic acids is 1. The van der Waals surface area contributed by atoms with E-state index in [1.807, 2.05) is 0 Å². The molecule has 26 atom stereocenters. The smallest absolute Gasteiger partial charge is 0.310 e. The van der Waals surface area contributed by atoms with Crippen LogP contribution >= 0.6 is 0 Å². The van der Waals surface area contributed by atoms with Gasteiger partial charge in [-0.3, -0.25) is 4.79 Å². The molecule has 0 bridgehead atoms.